The third-order valence-electron chi connectivity index (χ3n) is 4.29. The lowest BCUT2D eigenvalue weighted by molar-refractivity contribution is 0.0707. The van der Waals surface area contributed by atoms with Crippen molar-refractivity contribution in [3.8, 4) is 0 Å². The van der Waals surface area contributed by atoms with Crippen molar-refractivity contribution in [1.82, 2.24) is 0 Å². The van der Waals surface area contributed by atoms with E-state index >= 15 is 0 Å². The molecular weight excluding hydrogens is 472 g/mol. The Morgan fingerprint density at radius 3 is 1.35 bits per heavy atom. The number of hydrogen-bond acceptors (Lipinski definition) is 10. The van der Waals surface area contributed by atoms with Crippen molar-refractivity contribution < 1.29 is 42.0 Å². The molecule has 0 aliphatic carbocycles. The van der Waals surface area contributed by atoms with E-state index in [4.69, 9.17) is 8.37 Å². The lowest BCUT2D eigenvalue weighted by atomic mass is 10.2. The molecule has 0 N–H and O–H groups in total. The van der Waals surface area contributed by atoms with E-state index in [9.17, 15) is 25.3 Å². The van der Waals surface area contributed by atoms with E-state index in [1.54, 1.807) is 38.1 Å². The highest BCUT2D eigenvalue weighted by Gasteiger charge is 2.42. The Labute approximate surface area is 181 Å². The molecule has 1 heterocycles. The van der Waals surface area contributed by atoms with Crippen LogP contribution in [0.15, 0.2) is 58.3 Å². The Morgan fingerprint density at radius 2 is 1.03 bits per heavy atom. The Bertz CT molecular complexity index is 1140. The predicted molar refractivity (Wildman–Crippen MR) is 107 cm³/mol. The van der Waals surface area contributed by atoms with Gasteiger partial charge in [-0.1, -0.05) is 35.4 Å². The molecule has 0 spiro atoms. The summed E-state index contributed by atoms with van der Waals surface area (Å²) in [6.45, 7) is 2.10. The fourth-order valence-electron chi connectivity index (χ4n) is 2.58. The van der Waals surface area contributed by atoms with Crippen molar-refractivity contribution in [1.29, 1.82) is 0 Å². The Morgan fingerprint density at radius 1 is 0.710 bits per heavy atom. The summed E-state index contributed by atoms with van der Waals surface area (Å²) in [6, 6.07) is 11.6. The number of rotatable bonds is 8. The molecule has 2 aromatic carbocycles. The van der Waals surface area contributed by atoms with Gasteiger partial charge < -0.3 is 0 Å². The van der Waals surface area contributed by atoms with Crippen LogP contribution in [0.3, 0.4) is 0 Å². The lowest BCUT2D eigenvalue weighted by Gasteiger charge is -2.15. The quantitative estimate of drug-likeness (QED) is 0.497. The van der Waals surface area contributed by atoms with Gasteiger partial charge >= 0.3 is 10.4 Å². The third-order valence-corrected chi connectivity index (χ3v) is 7.85. The van der Waals surface area contributed by atoms with Gasteiger partial charge in [0.1, 0.15) is 12.2 Å². The number of aryl methyl sites for hydroxylation is 2. The van der Waals surface area contributed by atoms with Crippen LogP contribution in [-0.4, -0.2) is 50.7 Å². The zero-order chi connectivity index (χ0) is 22.9. The molecule has 0 radical (unpaired) electrons. The van der Waals surface area contributed by atoms with Crippen LogP contribution < -0.4 is 0 Å². The van der Waals surface area contributed by atoms with E-state index in [0.717, 1.165) is 11.1 Å². The summed E-state index contributed by atoms with van der Waals surface area (Å²) in [5.41, 5.74) is 1.68. The lowest BCUT2D eigenvalue weighted by Crippen LogP contribution is -2.33. The molecule has 2 atom stereocenters. The second kappa shape index (κ2) is 8.94. The van der Waals surface area contributed by atoms with E-state index < -0.39 is 56.1 Å². The van der Waals surface area contributed by atoms with Crippen LogP contribution in [0.2, 0.25) is 0 Å². The standard InChI is InChI=1S/C18H20O10S3/c1-13-3-7-15(8-4-13)29(19,20)25-11-17-18(28-31(23,24)27-17)12-26-30(21,22)16-9-5-14(2)6-10-16/h3-10,17-18H,11-12H2,1-2H3/t17-,18-/m1/s1. The first kappa shape index (κ1) is 23.8. The SMILES string of the molecule is Cc1ccc(S(=O)(=O)OC[C@H]2OS(=O)(=O)O[C@@H]2COS(=O)(=O)c2ccc(C)cc2)cc1. The van der Waals surface area contributed by atoms with Crippen LogP contribution in [0.4, 0.5) is 0 Å². The van der Waals surface area contributed by atoms with Gasteiger partial charge in [0.2, 0.25) is 0 Å². The van der Waals surface area contributed by atoms with Crippen LogP contribution in [-0.2, 0) is 47.4 Å². The zero-order valence-electron chi connectivity index (χ0n) is 16.5. The highest BCUT2D eigenvalue weighted by molar-refractivity contribution is 7.87. The maximum atomic E-state index is 12.3. The van der Waals surface area contributed by atoms with Crippen LogP contribution in [0.25, 0.3) is 0 Å². The summed E-state index contributed by atoms with van der Waals surface area (Å²) < 4.78 is 91.7. The maximum Gasteiger partial charge on any atom is 0.400 e. The van der Waals surface area contributed by atoms with Gasteiger partial charge in [-0.2, -0.15) is 25.3 Å². The summed E-state index contributed by atoms with van der Waals surface area (Å²) >= 11 is 0. The normalized spacial score (nSPS) is 21.2. The number of benzene rings is 2. The molecule has 13 heteroatoms. The van der Waals surface area contributed by atoms with Gasteiger partial charge in [0.25, 0.3) is 20.2 Å². The first-order chi connectivity index (χ1) is 14.4. The van der Waals surface area contributed by atoms with Gasteiger partial charge in [0.05, 0.1) is 23.0 Å². The summed E-state index contributed by atoms with van der Waals surface area (Å²) in [7, 11) is -12.9. The molecule has 1 saturated heterocycles. The molecule has 1 fully saturated rings. The molecule has 0 saturated carbocycles. The minimum absolute atomic E-state index is 0.130. The monoisotopic (exact) mass is 492 g/mol. The molecule has 0 bridgehead atoms. The van der Waals surface area contributed by atoms with Gasteiger partial charge in [-0.05, 0) is 38.1 Å². The van der Waals surface area contributed by atoms with Gasteiger partial charge in [0.15, 0.2) is 0 Å². The summed E-state index contributed by atoms with van der Waals surface area (Å²) in [5, 5.41) is 0. The first-order valence-electron chi connectivity index (χ1n) is 8.92. The third kappa shape index (κ3) is 6.10. The van der Waals surface area contributed by atoms with E-state index in [1.165, 1.54) is 24.3 Å². The molecule has 10 nitrogen and oxygen atoms in total. The Balaban J connectivity index is 1.68. The van der Waals surface area contributed by atoms with Crippen molar-refractivity contribution in [3.63, 3.8) is 0 Å². The van der Waals surface area contributed by atoms with Crippen LogP contribution in [0.5, 0.6) is 0 Å². The van der Waals surface area contributed by atoms with E-state index in [-0.39, 0.29) is 9.79 Å². The van der Waals surface area contributed by atoms with Crippen molar-refractivity contribution in [2.75, 3.05) is 13.2 Å². The van der Waals surface area contributed by atoms with Gasteiger partial charge in [-0.15, -0.1) is 0 Å². The van der Waals surface area contributed by atoms with Crippen LogP contribution in [0, 0.1) is 13.8 Å². The minimum atomic E-state index is -4.47. The second-order valence-electron chi connectivity index (χ2n) is 6.78. The van der Waals surface area contributed by atoms with Gasteiger partial charge in [-0.3, -0.25) is 8.37 Å². The van der Waals surface area contributed by atoms with Crippen LogP contribution in [0.1, 0.15) is 11.1 Å². The molecule has 170 valence electrons. The molecule has 31 heavy (non-hydrogen) atoms. The molecule has 3 rings (SSSR count). The summed E-state index contributed by atoms with van der Waals surface area (Å²) in [6.07, 6.45) is -2.86. The topological polar surface area (TPSA) is 139 Å². The van der Waals surface area contributed by atoms with E-state index in [1.807, 2.05) is 0 Å². The smallest absolute Gasteiger partial charge is 0.263 e. The van der Waals surface area contributed by atoms with Crippen molar-refractivity contribution in [3.05, 3.63) is 59.7 Å². The van der Waals surface area contributed by atoms with Crippen molar-refractivity contribution >= 4 is 30.6 Å². The fourth-order valence-corrected chi connectivity index (χ4v) is 5.43. The largest absolute Gasteiger partial charge is 0.400 e. The average Bonchev–Trinajstić information content (AvgIpc) is 2.99. The summed E-state index contributed by atoms with van der Waals surface area (Å²) in [5.74, 6) is 0. The van der Waals surface area contributed by atoms with Crippen molar-refractivity contribution in [2.24, 2.45) is 0 Å². The molecule has 0 unspecified atom stereocenters. The number of hydrogen-bond donors (Lipinski definition) is 0. The Kier molecular flexibility index (Phi) is 6.86. The van der Waals surface area contributed by atoms with E-state index in [0.29, 0.717) is 0 Å². The summed E-state index contributed by atoms with van der Waals surface area (Å²) in [4.78, 5) is -0.260. The van der Waals surface area contributed by atoms with Gasteiger partial charge in [-0.25, -0.2) is 8.37 Å². The van der Waals surface area contributed by atoms with Crippen molar-refractivity contribution in [2.45, 2.75) is 35.8 Å². The highest BCUT2D eigenvalue weighted by Crippen LogP contribution is 2.24. The van der Waals surface area contributed by atoms with E-state index in [2.05, 4.69) is 8.37 Å². The molecule has 0 amide bonds. The maximum absolute atomic E-state index is 12.3. The highest BCUT2D eigenvalue weighted by atomic mass is 32.3. The molecule has 1 aliphatic heterocycles. The second-order valence-corrected chi connectivity index (χ2v) is 11.2. The van der Waals surface area contributed by atoms with Gasteiger partial charge in [0, 0.05) is 0 Å². The molecule has 0 aromatic heterocycles. The molecule has 2 aromatic rings. The predicted octanol–water partition coefficient (Wildman–Crippen LogP) is 1.44. The molecule has 1 aliphatic rings. The zero-order valence-corrected chi connectivity index (χ0v) is 18.9. The Hall–Kier alpha value is -1.87. The average molecular weight is 493 g/mol. The minimum Gasteiger partial charge on any atom is -0.263 e. The fraction of sp³-hybridized carbons (Fsp3) is 0.333. The van der Waals surface area contributed by atoms with Crippen LogP contribution >= 0.6 is 0 Å². The molecular formula is C18H20O10S3. The first-order valence-corrected chi connectivity index (χ1v) is 13.1.